The Morgan fingerprint density at radius 1 is 0.875 bits per heavy atom. The van der Waals surface area contributed by atoms with Gasteiger partial charge in [0.15, 0.2) is 5.41 Å². The van der Waals surface area contributed by atoms with Crippen molar-refractivity contribution in [3.8, 4) is 0 Å². The number of amides is 3. The van der Waals surface area contributed by atoms with Crippen molar-refractivity contribution < 1.29 is 24.0 Å². The van der Waals surface area contributed by atoms with Gasteiger partial charge in [-0.2, -0.15) is 11.8 Å². The molecule has 212 valence electrons. The third-order valence-corrected chi connectivity index (χ3v) is 9.35. The Bertz CT molecular complexity index is 1210. The van der Waals surface area contributed by atoms with Gasteiger partial charge in [0.25, 0.3) is 0 Å². The Balaban J connectivity index is 1.63. The third-order valence-electron chi connectivity index (χ3n) is 8.41. The van der Waals surface area contributed by atoms with Crippen LogP contribution < -0.4 is 5.32 Å². The fraction of sp³-hybridized carbons (Fsp3) is 0.533. The normalized spacial score (nSPS) is 26.9. The summed E-state index contributed by atoms with van der Waals surface area (Å²) in [6, 6.07) is 9.08. The maximum Gasteiger partial charge on any atom is 0.243 e. The first-order valence-electron chi connectivity index (χ1n) is 14.1. The average Bonchev–Trinajstić information content (AvgIpc) is 3.55. The maximum atomic E-state index is 14.5. The largest absolute Gasteiger partial charge is 0.341 e. The molecule has 0 radical (unpaired) electrons. The number of carbonyl (C=O) groups is 4. The van der Waals surface area contributed by atoms with E-state index in [0.717, 1.165) is 24.3 Å². The van der Waals surface area contributed by atoms with Crippen LogP contribution in [0, 0.1) is 17.3 Å². The SMILES string of the molecule is O=C=C1C(C(=O)N2CCSCC2)C=CC(C(=O)N2CCCC2)(C(=O)N2CCNCC2)C1C(=O)Cc1ccccc1. The number of hydrogen-bond acceptors (Lipinski definition) is 7. The molecule has 3 aliphatic heterocycles. The minimum atomic E-state index is -1.94. The summed E-state index contributed by atoms with van der Waals surface area (Å²) in [7, 11) is 0. The second-order valence-corrected chi connectivity index (χ2v) is 12.0. The molecular weight excluding hydrogens is 528 g/mol. The molecule has 1 aliphatic carbocycles. The standard InChI is InChI=1S/C30H36N4O5S/c35-21-24-23(27(37)32-16-18-40-19-17-32)8-9-30(28(38)33-12-4-5-13-33,29(39)34-14-10-31-11-15-34)26(24)25(36)20-22-6-2-1-3-7-22/h1-3,6-9,23,26,31H,4-5,10-20H2. The smallest absolute Gasteiger partial charge is 0.243 e. The van der Waals surface area contributed by atoms with Gasteiger partial charge in [-0.1, -0.05) is 42.5 Å². The molecule has 3 saturated heterocycles. The summed E-state index contributed by atoms with van der Waals surface area (Å²) in [6.45, 7) is 3.95. The highest BCUT2D eigenvalue weighted by Crippen LogP contribution is 2.46. The molecule has 0 aromatic heterocycles. The molecule has 3 amide bonds. The van der Waals surface area contributed by atoms with E-state index in [1.165, 1.54) is 12.2 Å². The van der Waals surface area contributed by atoms with Crippen molar-refractivity contribution in [3.05, 3.63) is 53.6 Å². The molecule has 3 heterocycles. The predicted octanol–water partition coefficient (Wildman–Crippen LogP) is 0.974. The lowest BCUT2D eigenvalue weighted by Crippen LogP contribution is -2.62. The van der Waals surface area contributed by atoms with E-state index < -0.39 is 34.8 Å². The third kappa shape index (κ3) is 5.40. The first-order chi connectivity index (χ1) is 19.5. The zero-order chi connectivity index (χ0) is 28.1. The molecule has 0 bridgehead atoms. The second kappa shape index (κ2) is 12.5. The van der Waals surface area contributed by atoms with Crippen molar-refractivity contribution in [1.82, 2.24) is 20.0 Å². The topological polar surface area (TPSA) is 107 Å². The number of Topliss-reactive ketones (excluding diaryl/α,β-unsaturated/α-hetero) is 1. The minimum Gasteiger partial charge on any atom is -0.341 e. The minimum absolute atomic E-state index is 0.0738. The molecule has 3 unspecified atom stereocenters. The molecule has 5 rings (SSSR count). The number of rotatable bonds is 6. The summed E-state index contributed by atoms with van der Waals surface area (Å²) >= 11 is 1.76. The van der Waals surface area contributed by atoms with E-state index in [9.17, 15) is 24.0 Å². The molecule has 0 saturated carbocycles. The lowest BCUT2D eigenvalue weighted by Gasteiger charge is -2.45. The summed E-state index contributed by atoms with van der Waals surface area (Å²) in [5, 5.41) is 3.22. The molecule has 1 N–H and O–H groups in total. The Morgan fingerprint density at radius 3 is 2.12 bits per heavy atom. The van der Waals surface area contributed by atoms with Gasteiger partial charge < -0.3 is 20.0 Å². The van der Waals surface area contributed by atoms with Gasteiger partial charge in [-0.25, -0.2) is 4.79 Å². The summed E-state index contributed by atoms with van der Waals surface area (Å²) in [5.74, 6) is -0.618. The number of ketones is 1. The van der Waals surface area contributed by atoms with Crippen molar-refractivity contribution in [3.63, 3.8) is 0 Å². The summed E-state index contributed by atoms with van der Waals surface area (Å²) in [5.41, 5.74) is -1.34. The van der Waals surface area contributed by atoms with Gasteiger partial charge in [-0.15, -0.1) is 0 Å². The Morgan fingerprint density at radius 2 is 1.50 bits per heavy atom. The zero-order valence-corrected chi connectivity index (χ0v) is 23.5. The lowest BCUT2D eigenvalue weighted by molar-refractivity contribution is -0.159. The van der Waals surface area contributed by atoms with Crippen LogP contribution in [0.5, 0.6) is 0 Å². The maximum absolute atomic E-state index is 14.5. The van der Waals surface area contributed by atoms with E-state index in [4.69, 9.17) is 0 Å². The molecule has 1 aromatic rings. The van der Waals surface area contributed by atoms with E-state index in [1.807, 2.05) is 24.1 Å². The number of nitrogens with one attached hydrogen (secondary N) is 1. The number of carbonyl (C=O) groups excluding carboxylic acids is 5. The molecule has 1 aromatic carbocycles. The lowest BCUT2D eigenvalue weighted by atomic mass is 9.61. The molecule has 40 heavy (non-hydrogen) atoms. The van der Waals surface area contributed by atoms with Crippen molar-refractivity contribution >= 4 is 41.2 Å². The van der Waals surface area contributed by atoms with E-state index in [-0.39, 0.29) is 17.9 Å². The van der Waals surface area contributed by atoms with Gasteiger partial charge in [0, 0.05) is 75.9 Å². The quantitative estimate of drug-likeness (QED) is 0.312. The predicted molar refractivity (Wildman–Crippen MR) is 152 cm³/mol. The molecule has 0 spiro atoms. The number of likely N-dealkylation sites (tertiary alicyclic amines) is 1. The number of hydrogen-bond donors (Lipinski definition) is 1. The number of nitrogens with zero attached hydrogens (tertiary/aromatic N) is 3. The van der Waals surface area contributed by atoms with Crippen LogP contribution in [0.3, 0.4) is 0 Å². The summed E-state index contributed by atoms with van der Waals surface area (Å²) in [6.07, 6.45) is 4.55. The van der Waals surface area contributed by atoms with Gasteiger partial charge in [-0.05, 0) is 18.4 Å². The van der Waals surface area contributed by atoms with E-state index in [1.54, 1.807) is 38.6 Å². The Hall–Kier alpha value is -3.20. The number of piperazine rings is 1. The molecule has 10 heteroatoms. The van der Waals surface area contributed by atoms with Crippen LogP contribution in [0.25, 0.3) is 0 Å². The van der Waals surface area contributed by atoms with Crippen molar-refractivity contribution in [2.24, 2.45) is 17.3 Å². The first-order valence-corrected chi connectivity index (χ1v) is 15.3. The molecule has 3 fully saturated rings. The molecule has 3 atom stereocenters. The summed E-state index contributed by atoms with van der Waals surface area (Å²) < 4.78 is 0. The molecule has 4 aliphatic rings. The molecule has 9 nitrogen and oxygen atoms in total. The van der Waals surface area contributed by atoms with Gasteiger partial charge in [0.1, 0.15) is 11.7 Å². The highest BCUT2D eigenvalue weighted by Gasteiger charge is 2.61. The fourth-order valence-corrected chi connectivity index (χ4v) is 7.21. The zero-order valence-electron chi connectivity index (χ0n) is 22.7. The van der Waals surface area contributed by atoms with Crippen molar-refractivity contribution in [2.45, 2.75) is 19.3 Å². The van der Waals surface area contributed by atoms with Gasteiger partial charge in [-0.3, -0.25) is 19.2 Å². The van der Waals surface area contributed by atoms with Gasteiger partial charge in [0.2, 0.25) is 17.7 Å². The monoisotopic (exact) mass is 564 g/mol. The summed E-state index contributed by atoms with van der Waals surface area (Å²) in [4.78, 5) is 74.6. The van der Waals surface area contributed by atoms with Crippen LogP contribution in [0.1, 0.15) is 18.4 Å². The van der Waals surface area contributed by atoms with Crippen LogP contribution in [0.15, 0.2) is 48.1 Å². The number of benzene rings is 1. The van der Waals surface area contributed by atoms with Crippen LogP contribution in [0.4, 0.5) is 0 Å². The first kappa shape index (κ1) is 28.3. The van der Waals surface area contributed by atoms with Crippen LogP contribution in [-0.4, -0.2) is 108 Å². The highest BCUT2D eigenvalue weighted by molar-refractivity contribution is 7.99. The van der Waals surface area contributed by atoms with Crippen LogP contribution in [-0.2, 0) is 30.4 Å². The average molecular weight is 565 g/mol. The van der Waals surface area contributed by atoms with E-state index in [0.29, 0.717) is 57.9 Å². The van der Waals surface area contributed by atoms with Gasteiger partial charge >= 0.3 is 0 Å². The highest BCUT2D eigenvalue weighted by atomic mass is 32.2. The second-order valence-electron chi connectivity index (χ2n) is 10.8. The van der Waals surface area contributed by atoms with Crippen molar-refractivity contribution in [2.75, 3.05) is 63.9 Å². The Kier molecular flexibility index (Phi) is 8.88. The van der Waals surface area contributed by atoms with E-state index in [2.05, 4.69) is 5.32 Å². The Labute approximate surface area is 239 Å². The fourth-order valence-electron chi connectivity index (χ4n) is 6.31. The number of thioether (sulfide) groups is 1. The molecular formula is C30H36N4O5S. The van der Waals surface area contributed by atoms with Crippen LogP contribution >= 0.6 is 11.8 Å². The van der Waals surface area contributed by atoms with E-state index >= 15 is 0 Å². The van der Waals surface area contributed by atoms with Crippen molar-refractivity contribution in [1.29, 1.82) is 0 Å². The van der Waals surface area contributed by atoms with Crippen LogP contribution in [0.2, 0.25) is 0 Å². The van der Waals surface area contributed by atoms with Gasteiger partial charge in [0.05, 0.1) is 11.8 Å².